The van der Waals surface area contributed by atoms with Crippen LogP contribution in [0, 0.1) is 6.92 Å². The topological polar surface area (TPSA) is 41.2 Å². The highest BCUT2D eigenvalue weighted by atomic mass is 35.5. The monoisotopic (exact) mass is 331 g/mol. The fraction of sp³-hybridized carbons (Fsp3) is 0.263. The largest absolute Gasteiger partial charge is 1.00 e. The quantitative estimate of drug-likeness (QED) is 0.600. The van der Waals surface area contributed by atoms with Gasteiger partial charge in [0, 0.05) is 25.0 Å². The van der Waals surface area contributed by atoms with E-state index in [0.29, 0.717) is 0 Å². The molecule has 122 valence electrons. The molecule has 0 spiro atoms. The molecule has 0 atom stereocenters. The number of carbonyl (C=O) groups is 1. The maximum absolute atomic E-state index is 10.5. The highest BCUT2D eigenvalue weighted by Crippen LogP contribution is 2.11. The maximum Gasteiger partial charge on any atom is 0.303 e. The first kappa shape index (κ1) is 18.9. The predicted octanol–water partition coefficient (Wildman–Crippen LogP) is 0.712. The van der Waals surface area contributed by atoms with Crippen LogP contribution in [0.25, 0.3) is 12.2 Å². The van der Waals surface area contributed by atoms with E-state index in [-0.39, 0.29) is 18.8 Å². The fourth-order valence-electron chi connectivity index (χ4n) is 2.26. The van der Waals surface area contributed by atoms with Gasteiger partial charge in [-0.3, -0.25) is 4.79 Å². The third-order valence-electron chi connectivity index (χ3n) is 3.62. The number of rotatable bonds is 7. The molecule has 1 heterocycles. The van der Waals surface area contributed by atoms with Crippen LogP contribution in [0.15, 0.2) is 48.8 Å². The number of benzene rings is 1. The van der Waals surface area contributed by atoms with Crippen LogP contribution in [0.1, 0.15) is 36.0 Å². The Morgan fingerprint density at radius 2 is 1.78 bits per heavy atom. The summed E-state index contributed by atoms with van der Waals surface area (Å²) in [6.07, 6.45) is 10.2. The zero-order valence-electron chi connectivity index (χ0n) is 13.3. The van der Waals surface area contributed by atoms with Crippen molar-refractivity contribution in [3.8, 4) is 0 Å². The highest BCUT2D eigenvalue weighted by Gasteiger charge is 2.02. The molecule has 2 rings (SSSR count). The van der Waals surface area contributed by atoms with Crippen molar-refractivity contribution in [3.05, 3.63) is 65.5 Å². The van der Waals surface area contributed by atoms with E-state index in [2.05, 4.69) is 47.9 Å². The van der Waals surface area contributed by atoms with E-state index in [0.717, 1.165) is 24.9 Å². The average molecular weight is 332 g/mol. The standard InChI is InChI=1S/C19H21NO2.ClH/c1-16-6-2-3-7-18(16)10-9-17-11-14-20(15-12-17)13-5-4-8-19(21)22;/h2-3,6-7,9-12,14-15H,4-5,8,13H2,1H3;1H/b10-9-;. The zero-order valence-corrected chi connectivity index (χ0v) is 14.0. The Bertz CT molecular complexity index is 651. The van der Waals surface area contributed by atoms with Gasteiger partial charge < -0.3 is 17.5 Å². The third kappa shape index (κ3) is 6.66. The number of nitrogens with zero attached hydrogens (tertiary/aromatic N) is 1. The maximum atomic E-state index is 10.5. The van der Waals surface area contributed by atoms with Gasteiger partial charge in [-0.1, -0.05) is 36.4 Å². The molecule has 0 radical (unpaired) electrons. The lowest BCUT2D eigenvalue weighted by Gasteiger charge is -1.99. The molecule has 0 bridgehead atoms. The average Bonchev–Trinajstić information content (AvgIpc) is 2.52. The molecule has 4 heteroatoms. The number of aryl methyl sites for hydroxylation is 2. The number of carboxylic acid groups (broad SMARTS) is 1. The minimum absolute atomic E-state index is 0. The molecule has 0 amide bonds. The summed E-state index contributed by atoms with van der Waals surface area (Å²) < 4.78 is 2.09. The number of aromatic nitrogens is 1. The molecule has 1 N–H and O–H groups in total. The Labute approximate surface area is 143 Å². The van der Waals surface area contributed by atoms with Crippen LogP contribution >= 0.6 is 0 Å². The van der Waals surface area contributed by atoms with E-state index in [9.17, 15) is 4.79 Å². The molecule has 0 aliphatic heterocycles. The molecule has 2 aromatic rings. The molecule has 23 heavy (non-hydrogen) atoms. The van der Waals surface area contributed by atoms with Crippen molar-refractivity contribution in [2.75, 3.05) is 0 Å². The van der Waals surface area contributed by atoms with Gasteiger partial charge in [-0.05, 0) is 30.0 Å². The second-order valence-electron chi connectivity index (χ2n) is 5.41. The first-order valence-corrected chi connectivity index (χ1v) is 7.60. The third-order valence-corrected chi connectivity index (χ3v) is 3.62. The zero-order chi connectivity index (χ0) is 15.8. The lowest BCUT2D eigenvalue weighted by Crippen LogP contribution is -3.00. The summed E-state index contributed by atoms with van der Waals surface area (Å²) in [5.74, 6) is -0.721. The Kier molecular flexibility index (Phi) is 8.06. The predicted molar refractivity (Wildman–Crippen MR) is 88.2 cm³/mol. The van der Waals surface area contributed by atoms with E-state index in [1.165, 1.54) is 11.1 Å². The number of carboxylic acids is 1. The summed E-state index contributed by atoms with van der Waals surface area (Å²) in [5, 5.41) is 8.61. The minimum Gasteiger partial charge on any atom is -1.00 e. The molecular weight excluding hydrogens is 310 g/mol. The molecule has 0 fully saturated rings. The van der Waals surface area contributed by atoms with Crippen LogP contribution < -0.4 is 17.0 Å². The van der Waals surface area contributed by atoms with Crippen LogP contribution in [0.4, 0.5) is 0 Å². The Morgan fingerprint density at radius 1 is 1.09 bits per heavy atom. The van der Waals surface area contributed by atoms with Gasteiger partial charge >= 0.3 is 5.97 Å². The number of unbranched alkanes of at least 4 members (excludes halogenated alkanes) is 1. The van der Waals surface area contributed by atoms with E-state index < -0.39 is 5.97 Å². The molecule has 0 aliphatic carbocycles. The molecule has 1 aromatic carbocycles. The number of hydrogen-bond donors (Lipinski definition) is 1. The molecule has 3 nitrogen and oxygen atoms in total. The summed E-state index contributed by atoms with van der Waals surface area (Å²) in [5.41, 5.74) is 3.65. The van der Waals surface area contributed by atoms with Crippen molar-refractivity contribution in [1.29, 1.82) is 0 Å². The van der Waals surface area contributed by atoms with Crippen molar-refractivity contribution in [2.24, 2.45) is 0 Å². The Morgan fingerprint density at radius 3 is 2.43 bits per heavy atom. The molecule has 0 saturated carbocycles. The summed E-state index contributed by atoms with van der Waals surface area (Å²) >= 11 is 0. The van der Waals surface area contributed by atoms with Crippen molar-refractivity contribution < 1.29 is 26.9 Å². The van der Waals surface area contributed by atoms with Crippen LogP contribution in [0.2, 0.25) is 0 Å². The van der Waals surface area contributed by atoms with Crippen LogP contribution in [0.5, 0.6) is 0 Å². The molecule has 0 unspecified atom stereocenters. The number of halogens is 1. The number of hydrogen-bond acceptors (Lipinski definition) is 1. The van der Waals surface area contributed by atoms with Crippen molar-refractivity contribution in [1.82, 2.24) is 0 Å². The minimum atomic E-state index is -0.721. The molecule has 0 aliphatic rings. The van der Waals surface area contributed by atoms with E-state index in [1.54, 1.807) is 0 Å². The number of pyridine rings is 1. The van der Waals surface area contributed by atoms with E-state index in [4.69, 9.17) is 5.11 Å². The fourth-order valence-corrected chi connectivity index (χ4v) is 2.26. The summed E-state index contributed by atoms with van der Waals surface area (Å²) in [7, 11) is 0. The van der Waals surface area contributed by atoms with E-state index >= 15 is 0 Å². The van der Waals surface area contributed by atoms with Crippen LogP contribution in [-0.4, -0.2) is 11.1 Å². The van der Waals surface area contributed by atoms with Crippen LogP contribution in [-0.2, 0) is 11.3 Å². The van der Waals surface area contributed by atoms with Gasteiger partial charge in [-0.2, -0.15) is 0 Å². The van der Waals surface area contributed by atoms with Crippen molar-refractivity contribution in [2.45, 2.75) is 32.7 Å². The summed E-state index contributed by atoms with van der Waals surface area (Å²) in [4.78, 5) is 10.5. The van der Waals surface area contributed by atoms with Crippen molar-refractivity contribution >= 4 is 18.1 Å². The normalized spacial score (nSPS) is 10.5. The van der Waals surface area contributed by atoms with Gasteiger partial charge in [0.25, 0.3) is 0 Å². The first-order valence-electron chi connectivity index (χ1n) is 7.60. The smallest absolute Gasteiger partial charge is 0.303 e. The van der Waals surface area contributed by atoms with E-state index in [1.807, 2.05) is 24.5 Å². The van der Waals surface area contributed by atoms with Gasteiger partial charge in [0.1, 0.15) is 6.54 Å². The highest BCUT2D eigenvalue weighted by molar-refractivity contribution is 5.70. The molecule has 1 aromatic heterocycles. The Hall–Kier alpha value is -2.13. The second-order valence-corrected chi connectivity index (χ2v) is 5.41. The number of aliphatic carboxylic acids is 1. The molecule has 0 saturated heterocycles. The van der Waals surface area contributed by atoms with Gasteiger partial charge in [0.15, 0.2) is 12.4 Å². The lowest BCUT2D eigenvalue weighted by atomic mass is 10.1. The molecular formula is C19H22ClNO2. The second kappa shape index (κ2) is 9.80. The Balaban J connectivity index is 0.00000264. The summed E-state index contributed by atoms with van der Waals surface area (Å²) in [6, 6.07) is 12.5. The van der Waals surface area contributed by atoms with Gasteiger partial charge in [0.05, 0.1) is 0 Å². The van der Waals surface area contributed by atoms with Gasteiger partial charge in [0.2, 0.25) is 0 Å². The van der Waals surface area contributed by atoms with Gasteiger partial charge in [-0.25, -0.2) is 4.57 Å². The summed E-state index contributed by atoms with van der Waals surface area (Å²) in [6.45, 7) is 2.96. The lowest BCUT2D eigenvalue weighted by molar-refractivity contribution is -0.697. The van der Waals surface area contributed by atoms with Crippen molar-refractivity contribution in [3.63, 3.8) is 0 Å². The van der Waals surface area contributed by atoms with Crippen LogP contribution in [0.3, 0.4) is 0 Å². The van der Waals surface area contributed by atoms with Gasteiger partial charge in [-0.15, -0.1) is 0 Å². The SMILES string of the molecule is Cc1ccccc1/C=C\c1cc[n+](CCCCC(=O)O)cc1.[Cl-]. The first-order chi connectivity index (χ1) is 10.6.